The van der Waals surface area contributed by atoms with E-state index in [1.807, 2.05) is 18.2 Å². The SMILES string of the molecule is COc1cccc(CCN)c1OCc1c(C)cccc1C. The Morgan fingerprint density at radius 2 is 1.67 bits per heavy atom. The minimum atomic E-state index is 0.538. The molecule has 3 heteroatoms. The van der Waals surface area contributed by atoms with Crippen molar-refractivity contribution in [2.45, 2.75) is 26.9 Å². The predicted octanol–water partition coefficient (Wildman–Crippen LogP) is 3.39. The molecule has 0 amide bonds. The van der Waals surface area contributed by atoms with Gasteiger partial charge in [-0.15, -0.1) is 0 Å². The van der Waals surface area contributed by atoms with Crippen LogP contribution in [0.3, 0.4) is 0 Å². The van der Waals surface area contributed by atoms with Crippen LogP contribution in [-0.4, -0.2) is 13.7 Å². The van der Waals surface area contributed by atoms with Gasteiger partial charge in [-0.1, -0.05) is 30.3 Å². The average Bonchev–Trinajstić information content (AvgIpc) is 2.48. The number of hydrogen-bond donors (Lipinski definition) is 1. The van der Waals surface area contributed by atoms with Crippen molar-refractivity contribution in [1.82, 2.24) is 0 Å². The van der Waals surface area contributed by atoms with Crippen LogP contribution in [-0.2, 0) is 13.0 Å². The Morgan fingerprint density at radius 3 is 2.29 bits per heavy atom. The summed E-state index contributed by atoms with van der Waals surface area (Å²) < 4.78 is 11.5. The van der Waals surface area contributed by atoms with E-state index in [2.05, 4.69) is 32.0 Å². The van der Waals surface area contributed by atoms with E-state index in [1.54, 1.807) is 7.11 Å². The van der Waals surface area contributed by atoms with Crippen molar-refractivity contribution in [1.29, 1.82) is 0 Å². The summed E-state index contributed by atoms with van der Waals surface area (Å²) in [6.45, 7) is 5.34. The van der Waals surface area contributed by atoms with Crippen LogP contribution in [0, 0.1) is 13.8 Å². The lowest BCUT2D eigenvalue weighted by molar-refractivity contribution is 0.280. The molecule has 0 fully saturated rings. The number of nitrogens with two attached hydrogens (primary N) is 1. The minimum absolute atomic E-state index is 0.538. The van der Waals surface area contributed by atoms with Gasteiger partial charge in [-0.25, -0.2) is 0 Å². The van der Waals surface area contributed by atoms with E-state index in [0.29, 0.717) is 13.2 Å². The first-order chi connectivity index (χ1) is 10.2. The highest BCUT2D eigenvalue weighted by Crippen LogP contribution is 2.32. The van der Waals surface area contributed by atoms with E-state index in [9.17, 15) is 0 Å². The van der Waals surface area contributed by atoms with Crippen LogP contribution in [0.1, 0.15) is 22.3 Å². The van der Waals surface area contributed by atoms with Crippen LogP contribution >= 0.6 is 0 Å². The smallest absolute Gasteiger partial charge is 0.164 e. The molecule has 0 atom stereocenters. The van der Waals surface area contributed by atoms with Crippen molar-refractivity contribution >= 4 is 0 Å². The summed E-state index contributed by atoms with van der Waals surface area (Å²) in [5, 5.41) is 0. The van der Waals surface area contributed by atoms with Crippen LogP contribution in [0.4, 0.5) is 0 Å². The highest BCUT2D eigenvalue weighted by molar-refractivity contribution is 5.47. The van der Waals surface area contributed by atoms with Gasteiger partial charge >= 0.3 is 0 Å². The molecule has 0 radical (unpaired) electrons. The monoisotopic (exact) mass is 285 g/mol. The highest BCUT2D eigenvalue weighted by atomic mass is 16.5. The lowest BCUT2D eigenvalue weighted by Gasteiger charge is -2.16. The van der Waals surface area contributed by atoms with Crippen molar-refractivity contribution in [2.24, 2.45) is 5.73 Å². The summed E-state index contributed by atoms with van der Waals surface area (Å²) in [5.74, 6) is 1.56. The normalized spacial score (nSPS) is 10.5. The van der Waals surface area contributed by atoms with E-state index in [-0.39, 0.29) is 0 Å². The number of rotatable bonds is 6. The lowest BCUT2D eigenvalue weighted by atomic mass is 10.0. The molecule has 0 aromatic heterocycles. The maximum Gasteiger partial charge on any atom is 0.164 e. The summed E-state index contributed by atoms with van der Waals surface area (Å²) in [7, 11) is 1.66. The van der Waals surface area contributed by atoms with Crippen molar-refractivity contribution in [3.63, 3.8) is 0 Å². The number of benzene rings is 2. The predicted molar refractivity (Wildman–Crippen MR) is 86.0 cm³/mol. The molecule has 2 rings (SSSR count). The van der Waals surface area contributed by atoms with E-state index in [4.69, 9.17) is 15.2 Å². The van der Waals surface area contributed by atoms with E-state index in [0.717, 1.165) is 23.5 Å². The second kappa shape index (κ2) is 7.14. The van der Waals surface area contributed by atoms with Crippen LogP contribution in [0.25, 0.3) is 0 Å². The van der Waals surface area contributed by atoms with Gasteiger partial charge in [0.2, 0.25) is 0 Å². The fourth-order valence-electron chi connectivity index (χ4n) is 2.46. The zero-order valence-corrected chi connectivity index (χ0v) is 13.0. The maximum absolute atomic E-state index is 6.08. The van der Waals surface area contributed by atoms with Gasteiger partial charge in [0.05, 0.1) is 7.11 Å². The third-order valence-electron chi connectivity index (χ3n) is 3.70. The number of hydrogen-bond acceptors (Lipinski definition) is 3. The van der Waals surface area contributed by atoms with Crippen LogP contribution < -0.4 is 15.2 Å². The number of para-hydroxylation sites is 1. The molecule has 0 aliphatic heterocycles. The molecule has 2 aromatic carbocycles. The molecule has 0 saturated heterocycles. The third kappa shape index (κ3) is 3.56. The minimum Gasteiger partial charge on any atom is -0.493 e. The summed E-state index contributed by atoms with van der Waals surface area (Å²) in [6, 6.07) is 12.2. The summed E-state index contributed by atoms with van der Waals surface area (Å²) in [6.07, 6.45) is 0.777. The van der Waals surface area contributed by atoms with E-state index >= 15 is 0 Å². The molecule has 2 N–H and O–H groups in total. The Balaban J connectivity index is 2.27. The largest absolute Gasteiger partial charge is 0.493 e. The molecule has 2 aromatic rings. The molecule has 112 valence electrons. The van der Waals surface area contributed by atoms with Crippen molar-refractivity contribution in [2.75, 3.05) is 13.7 Å². The maximum atomic E-state index is 6.08. The second-order valence-electron chi connectivity index (χ2n) is 5.15. The molecular formula is C18H23NO2. The molecule has 0 saturated carbocycles. The number of aryl methyl sites for hydroxylation is 2. The molecule has 0 aliphatic rings. The molecule has 0 bridgehead atoms. The molecule has 21 heavy (non-hydrogen) atoms. The summed E-state index contributed by atoms with van der Waals surface area (Å²) in [5.41, 5.74) is 10.5. The van der Waals surface area contributed by atoms with E-state index < -0.39 is 0 Å². The van der Waals surface area contributed by atoms with Crippen molar-refractivity contribution in [3.05, 3.63) is 58.7 Å². The second-order valence-corrected chi connectivity index (χ2v) is 5.15. The molecule has 3 nitrogen and oxygen atoms in total. The Hall–Kier alpha value is -2.00. The zero-order valence-electron chi connectivity index (χ0n) is 13.0. The molecule has 0 spiro atoms. The molecular weight excluding hydrogens is 262 g/mol. The van der Waals surface area contributed by atoms with Gasteiger partial charge in [0.25, 0.3) is 0 Å². The van der Waals surface area contributed by atoms with Crippen LogP contribution in [0.15, 0.2) is 36.4 Å². The van der Waals surface area contributed by atoms with Gasteiger partial charge in [-0.3, -0.25) is 0 Å². The summed E-state index contributed by atoms with van der Waals surface area (Å²) in [4.78, 5) is 0. The van der Waals surface area contributed by atoms with Gasteiger partial charge in [0.15, 0.2) is 11.5 Å². The molecule has 0 heterocycles. The fraction of sp³-hybridized carbons (Fsp3) is 0.333. The van der Waals surface area contributed by atoms with Gasteiger partial charge in [-0.2, -0.15) is 0 Å². The van der Waals surface area contributed by atoms with Crippen LogP contribution in [0.2, 0.25) is 0 Å². The Kier molecular flexibility index (Phi) is 5.23. The highest BCUT2D eigenvalue weighted by Gasteiger charge is 2.11. The van der Waals surface area contributed by atoms with E-state index in [1.165, 1.54) is 16.7 Å². The Bertz CT molecular complexity index is 588. The first kappa shape index (κ1) is 15.4. The summed E-state index contributed by atoms with van der Waals surface area (Å²) >= 11 is 0. The molecule has 0 aliphatic carbocycles. The fourth-order valence-corrected chi connectivity index (χ4v) is 2.46. The van der Waals surface area contributed by atoms with Crippen molar-refractivity contribution < 1.29 is 9.47 Å². The van der Waals surface area contributed by atoms with Crippen molar-refractivity contribution in [3.8, 4) is 11.5 Å². The number of methoxy groups -OCH3 is 1. The van der Waals surface area contributed by atoms with Gasteiger partial charge in [0.1, 0.15) is 6.61 Å². The standard InChI is InChI=1S/C18H23NO2/c1-13-6-4-7-14(2)16(13)12-21-18-15(10-11-19)8-5-9-17(18)20-3/h4-9H,10-12,19H2,1-3H3. The van der Waals surface area contributed by atoms with Gasteiger partial charge in [-0.05, 0) is 55.1 Å². The third-order valence-corrected chi connectivity index (χ3v) is 3.70. The Labute approximate surface area is 126 Å². The average molecular weight is 285 g/mol. The van der Waals surface area contributed by atoms with Gasteiger partial charge < -0.3 is 15.2 Å². The first-order valence-corrected chi connectivity index (χ1v) is 7.21. The zero-order chi connectivity index (χ0) is 15.2. The topological polar surface area (TPSA) is 44.5 Å². The van der Waals surface area contributed by atoms with Gasteiger partial charge in [0, 0.05) is 0 Å². The first-order valence-electron chi connectivity index (χ1n) is 7.21. The Morgan fingerprint density at radius 1 is 1.00 bits per heavy atom. The van der Waals surface area contributed by atoms with Crippen LogP contribution in [0.5, 0.6) is 11.5 Å². The molecule has 0 unspecified atom stereocenters. The lowest BCUT2D eigenvalue weighted by Crippen LogP contribution is -2.07. The number of ether oxygens (including phenoxy) is 2. The quantitative estimate of drug-likeness (QED) is 0.884.